The van der Waals surface area contributed by atoms with Crippen LogP contribution in [0.5, 0.6) is 5.75 Å². The third kappa shape index (κ3) is 7.60. The van der Waals surface area contributed by atoms with Crippen molar-refractivity contribution in [3.8, 4) is 5.75 Å². The number of benzene rings is 3. The summed E-state index contributed by atoms with van der Waals surface area (Å²) in [6, 6.07) is 15.9. The van der Waals surface area contributed by atoms with Gasteiger partial charge in [-0.15, -0.1) is 0 Å². The normalized spacial score (nSPS) is 12.1. The minimum atomic E-state index is -4.27. The van der Waals surface area contributed by atoms with E-state index in [2.05, 4.69) is 5.32 Å². The Morgan fingerprint density at radius 1 is 0.925 bits per heavy atom. The van der Waals surface area contributed by atoms with E-state index in [1.807, 2.05) is 0 Å². The standard InChI is InChI=1S/C28H30Cl3N3O5S/c1-18(2)32-28(36)19(3)33(16-20-10-12-23(30)24(31)14-20)27(35)17-34(25-15-21(29)11-13-26(25)39-4)40(37,38)22-8-6-5-7-9-22/h5-15,18-19H,16-17H2,1-4H3,(H,32,36)/t19-/m1/s1. The van der Waals surface area contributed by atoms with Gasteiger partial charge in [-0.2, -0.15) is 0 Å². The van der Waals surface area contributed by atoms with Gasteiger partial charge < -0.3 is 15.0 Å². The van der Waals surface area contributed by atoms with E-state index in [9.17, 15) is 18.0 Å². The van der Waals surface area contributed by atoms with Gasteiger partial charge in [-0.05, 0) is 68.8 Å². The maximum Gasteiger partial charge on any atom is 0.264 e. The highest BCUT2D eigenvalue weighted by Gasteiger charge is 2.34. The van der Waals surface area contributed by atoms with Gasteiger partial charge >= 0.3 is 0 Å². The van der Waals surface area contributed by atoms with E-state index in [1.54, 1.807) is 63.2 Å². The Labute approximate surface area is 249 Å². The molecule has 0 bridgehead atoms. The number of rotatable bonds is 11. The summed E-state index contributed by atoms with van der Waals surface area (Å²) < 4.78 is 34.2. The number of sulfonamides is 1. The van der Waals surface area contributed by atoms with Gasteiger partial charge in [0.25, 0.3) is 10.0 Å². The maximum atomic E-state index is 14.0. The second-order valence-electron chi connectivity index (χ2n) is 9.25. The van der Waals surface area contributed by atoms with Crippen molar-refractivity contribution in [3.63, 3.8) is 0 Å². The Morgan fingerprint density at radius 3 is 2.20 bits per heavy atom. The minimum Gasteiger partial charge on any atom is -0.495 e. The molecule has 3 rings (SSSR count). The van der Waals surface area contributed by atoms with Crippen molar-refractivity contribution in [1.29, 1.82) is 0 Å². The van der Waals surface area contributed by atoms with E-state index in [0.717, 1.165) is 4.31 Å². The quantitative estimate of drug-likeness (QED) is 0.291. The summed E-state index contributed by atoms with van der Waals surface area (Å²) >= 11 is 18.5. The third-order valence-corrected chi connectivity index (χ3v) is 8.70. The molecule has 0 aliphatic rings. The number of hydrogen-bond acceptors (Lipinski definition) is 5. The van der Waals surface area contributed by atoms with Gasteiger partial charge in [-0.3, -0.25) is 13.9 Å². The Morgan fingerprint density at radius 2 is 1.60 bits per heavy atom. The van der Waals surface area contributed by atoms with Crippen LogP contribution in [-0.2, 0) is 26.2 Å². The van der Waals surface area contributed by atoms with Gasteiger partial charge in [0.15, 0.2) is 0 Å². The SMILES string of the molecule is COc1ccc(Cl)cc1N(CC(=O)N(Cc1ccc(Cl)c(Cl)c1)[C@H](C)C(=O)NC(C)C)S(=O)(=O)c1ccccc1. The average molecular weight is 627 g/mol. The Hall–Kier alpha value is -2.98. The number of ether oxygens (including phenoxy) is 1. The fourth-order valence-electron chi connectivity index (χ4n) is 3.91. The largest absolute Gasteiger partial charge is 0.495 e. The number of nitrogens with zero attached hydrogens (tertiary/aromatic N) is 2. The third-order valence-electron chi connectivity index (χ3n) is 5.95. The molecule has 0 aliphatic heterocycles. The molecule has 0 unspecified atom stereocenters. The van der Waals surface area contributed by atoms with E-state index in [0.29, 0.717) is 10.6 Å². The number of amides is 2. The lowest BCUT2D eigenvalue weighted by molar-refractivity contribution is -0.139. The monoisotopic (exact) mass is 625 g/mol. The van der Waals surface area contributed by atoms with Crippen molar-refractivity contribution in [2.75, 3.05) is 18.0 Å². The Balaban J connectivity index is 2.10. The summed E-state index contributed by atoms with van der Waals surface area (Å²) in [7, 11) is -2.89. The van der Waals surface area contributed by atoms with E-state index in [4.69, 9.17) is 39.5 Å². The molecule has 3 aromatic carbocycles. The van der Waals surface area contributed by atoms with Gasteiger partial charge in [-0.1, -0.05) is 59.1 Å². The second-order valence-corrected chi connectivity index (χ2v) is 12.4. The zero-order valence-corrected chi connectivity index (χ0v) is 25.5. The van der Waals surface area contributed by atoms with Crippen molar-refractivity contribution in [2.24, 2.45) is 0 Å². The second kappa shape index (κ2) is 13.6. The summed E-state index contributed by atoms with van der Waals surface area (Å²) in [6.45, 7) is 4.50. The zero-order chi connectivity index (χ0) is 29.6. The Kier molecular flexibility index (Phi) is 10.7. The molecular formula is C28H30Cl3N3O5S. The molecule has 0 saturated heterocycles. The molecule has 40 heavy (non-hydrogen) atoms. The van der Waals surface area contributed by atoms with Crippen LogP contribution in [0.3, 0.4) is 0 Å². The number of carbonyl (C=O) groups is 2. The molecule has 1 N–H and O–H groups in total. The molecule has 8 nitrogen and oxygen atoms in total. The molecule has 0 saturated carbocycles. The number of halogens is 3. The van der Waals surface area contributed by atoms with Crippen molar-refractivity contribution < 1.29 is 22.7 Å². The Bertz CT molecular complexity index is 1470. The van der Waals surface area contributed by atoms with Crippen LogP contribution in [-0.4, -0.2) is 50.9 Å². The van der Waals surface area contributed by atoms with Crippen molar-refractivity contribution in [3.05, 3.63) is 87.4 Å². The van der Waals surface area contributed by atoms with Gasteiger partial charge in [-0.25, -0.2) is 8.42 Å². The fraction of sp³-hybridized carbons (Fsp3) is 0.286. The van der Waals surface area contributed by atoms with Crippen LogP contribution < -0.4 is 14.4 Å². The molecule has 12 heteroatoms. The topological polar surface area (TPSA) is 96.0 Å². The summed E-state index contributed by atoms with van der Waals surface area (Å²) in [6.07, 6.45) is 0. The van der Waals surface area contributed by atoms with Crippen LogP contribution in [0.15, 0.2) is 71.6 Å². The number of nitrogens with one attached hydrogen (secondary N) is 1. The first-order valence-corrected chi connectivity index (χ1v) is 14.9. The first-order chi connectivity index (χ1) is 18.8. The first kappa shape index (κ1) is 31.5. The number of carbonyl (C=O) groups excluding carboxylic acids is 2. The van der Waals surface area contributed by atoms with E-state index in [-0.39, 0.29) is 39.0 Å². The highest BCUT2D eigenvalue weighted by atomic mass is 35.5. The molecule has 214 valence electrons. The van der Waals surface area contributed by atoms with Crippen LogP contribution in [0.4, 0.5) is 5.69 Å². The first-order valence-electron chi connectivity index (χ1n) is 12.3. The van der Waals surface area contributed by atoms with Crippen molar-refractivity contribution in [1.82, 2.24) is 10.2 Å². The van der Waals surface area contributed by atoms with Crippen LogP contribution >= 0.6 is 34.8 Å². The fourth-order valence-corrected chi connectivity index (χ4v) is 5.84. The molecule has 3 aromatic rings. The summed E-state index contributed by atoms with van der Waals surface area (Å²) in [5.74, 6) is -0.849. The summed E-state index contributed by atoms with van der Waals surface area (Å²) in [4.78, 5) is 28.3. The number of anilines is 1. The molecular weight excluding hydrogens is 597 g/mol. The van der Waals surface area contributed by atoms with Crippen LogP contribution in [0, 0.1) is 0 Å². The summed E-state index contributed by atoms with van der Waals surface area (Å²) in [5.41, 5.74) is 0.672. The van der Waals surface area contributed by atoms with Gasteiger partial charge in [0, 0.05) is 17.6 Å². The van der Waals surface area contributed by atoms with Crippen LogP contribution in [0.25, 0.3) is 0 Å². The molecule has 0 aromatic heterocycles. The highest BCUT2D eigenvalue weighted by molar-refractivity contribution is 7.92. The van der Waals surface area contributed by atoms with Crippen molar-refractivity contribution >= 4 is 62.3 Å². The van der Waals surface area contributed by atoms with Gasteiger partial charge in [0.1, 0.15) is 18.3 Å². The number of hydrogen-bond donors (Lipinski definition) is 1. The lowest BCUT2D eigenvalue weighted by Crippen LogP contribution is -2.52. The zero-order valence-electron chi connectivity index (χ0n) is 22.4. The summed E-state index contributed by atoms with van der Waals surface area (Å²) in [5, 5.41) is 3.66. The number of methoxy groups -OCH3 is 1. The molecule has 0 fully saturated rings. The minimum absolute atomic E-state index is 0.0334. The van der Waals surface area contributed by atoms with E-state index in [1.165, 1.54) is 36.3 Å². The molecule has 2 amide bonds. The van der Waals surface area contributed by atoms with E-state index < -0.39 is 34.4 Å². The maximum absolute atomic E-state index is 14.0. The average Bonchev–Trinajstić information content (AvgIpc) is 2.91. The van der Waals surface area contributed by atoms with E-state index >= 15 is 0 Å². The molecule has 0 radical (unpaired) electrons. The lowest BCUT2D eigenvalue weighted by atomic mass is 10.1. The smallest absolute Gasteiger partial charge is 0.264 e. The molecule has 0 heterocycles. The molecule has 1 atom stereocenters. The van der Waals surface area contributed by atoms with Crippen molar-refractivity contribution in [2.45, 2.75) is 44.3 Å². The van der Waals surface area contributed by atoms with Gasteiger partial charge in [0.2, 0.25) is 11.8 Å². The predicted molar refractivity (Wildman–Crippen MR) is 159 cm³/mol. The molecule has 0 aliphatic carbocycles. The van der Waals surface area contributed by atoms with Crippen LogP contribution in [0.2, 0.25) is 15.1 Å². The van der Waals surface area contributed by atoms with Gasteiger partial charge in [0.05, 0.1) is 27.7 Å². The molecule has 0 spiro atoms. The predicted octanol–water partition coefficient (Wildman–Crippen LogP) is 5.79. The lowest BCUT2D eigenvalue weighted by Gasteiger charge is -2.32. The highest BCUT2D eigenvalue weighted by Crippen LogP contribution is 2.35. The van der Waals surface area contributed by atoms with Crippen LogP contribution in [0.1, 0.15) is 26.3 Å².